The van der Waals surface area contributed by atoms with Gasteiger partial charge >= 0.3 is 0 Å². The maximum absolute atomic E-state index is 13.0. The molecule has 0 amide bonds. The summed E-state index contributed by atoms with van der Waals surface area (Å²) in [6, 6.07) is 34.0. The molecule has 4 unspecified atom stereocenters. The van der Waals surface area contributed by atoms with E-state index in [1.807, 2.05) is 24.3 Å². The summed E-state index contributed by atoms with van der Waals surface area (Å²) in [5, 5.41) is 32.3. The molecule has 4 atom stereocenters. The van der Waals surface area contributed by atoms with Crippen LogP contribution in [0.25, 0.3) is 43.6 Å². The quantitative estimate of drug-likeness (QED) is 0.0223. The van der Waals surface area contributed by atoms with Crippen LogP contribution in [0.4, 0.5) is 22.2 Å². The van der Waals surface area contributed by atoms with Gasteiger partial charge in [0.05, 0.1) is 12.8 Å². The lowest BCUT2D eigenvalue weighted by Crippen LogP contribution is -2.47. The number of H-pyrrole nitrogens is 5. The van der Waals surface area contributed by atoms with Crippen molar-refractivity contribution in [2.75, 3.05) is 164 Å². The molecule has 4 aromatic carbocycles. The molecule has 28 heteroatoms. The van der Waals surface area contributed by atoms with Gasteiger partial charge in [-0.3, -0.25) is 43.9 Å². The van der Waals surface area contributed by atoms with Gasteiger partial charge in [-0.25, -0.2) is 4.98 Å². The number of benzene rings is 4. The minimum atomic E-state index is 0.0571. The fraction of sp³-hybridized carbons (Fsp3) is 0.536. The number of para-hydroxylation sites is 4. The minimum absolute atomic E-state index is 0.0571. The van der Waals surface area contributed by atoms with Gasteiger partial charge < -0.3 is 48.7 Å². The SMILES string of the molecule is CCCC(CC(=O)c1cnc(N2CCN(CCC)CC2)o1)Cc1c[nH]c2ccccc12.CCCC(CC(=O)c1nc(N2CCN(CCC)CC2)n[nH]1)Cc1c[nH]c2ccccc12.CCCC(CC(=O)c1nnc(N2CCN(CCC)CC2)s1)Cc1c[nH]c2ccccc12.CCCC(CC(=O)c1nnc(N2CCN(CCOC)CC2)s1)Cc1c[nH]c2ccccc12. The molecule has 16 rings (SSSR count). The summed E-state index contributed by atoms with van der Waals surface area (Å²) < 4.78 is 11.1. The second-order valence-corrected chi connectivity index (χ2v) is 36.4. The maximum Gasteiger partial charge on any atom is 0.297 e. The van der Waals surface area contributed by atoms with Crippen LogP contribution in [0.1, 0.15) is 208 Å². The van der Waals surface area contributed by atoms with Crippen LogP contribution in [-0.2, 0) is 30.4 Å². The number of fused-ring (bicyclic) bond motifs is 4. The number of hydrogen-bond acceptors (Lipinski definition) is 23. The van der Waals surface area contributed by atoms with Crippen LogP contribution in [0.3, 0.4) is 0 Å². The lowest BCUT2D eigenvalue weighted by Gasteiger charge is -2.34. The standard InChI is InChI=1S/C25H34N4O2.C24H34N6O.C24H33N5O2S.C24H33N5OS/c1-3-7-19(15-20-17-26-22-9-6-5-8-21(20)22)16-23(30)24-18-27-25(31-24)29-13-11-28(10-4-2)12-14-29;1-3-7-18(15-19-17-25-21-9-6-5-8-20(19)21)16-22(31)23-26-24(28-27-23)30-13-11-29(10-4-2)12-14-30;1-3-6-18(15-19-17-25-21-8-5-4-7-20(19)21)16-22(30)23-26-27-24(32-23)29-11-9-28(10-12-29)13-14-31-2;1-3-7-18(15-19-17-25-21-9-6-5-8-20(19)21)16-22(30)23-26-27-24(31-23)29-13-11-28(10-4-2)12-14-29/h5-6,8-9,17-19,26H,3-4,7,10-16H2,1-2H3;5-6,8-9,17-18,25H,3-4,7,10-16H2,1-2H3,(H,26,27,28);4-5,7-8,17-18,25H,3,6,9-16H2,1-2H3;5-6,8-9,17-18,25H,3-4,7,10-16H2,1-2H3. The summed E-state index contributed by atoms with van der Waals surface area (Å²) in [5.74, 6) is 3.02. The topological polar surface area (TPSA) is 286 Å². The van der Waals surface area contributed by atoms with E-state index in [9.17, 15) is 19.2 Å². The Morgan fingerprint density at radius 2 is 0.736 bits per heavy atom. The average molecular weight is 1740 g/mol. The summed E-state index contributed by atoms with van der Waals surface area (Å²) in [4.78, 5) is 93.1. The molecule has 0 aliphatic carbocycles. The van der Waals surface area contributed by atoms with E-state index in [0.29, 0.717) is 82.9 Å². The van der Waals surface area contributed by atoms with Crippen LogP contribution < -0.4 is 19.6 Å². The van der Waals surface area contributed by atoms with Crippen molar-refractivity contribution in [3.63, 3.8) is 0 Å². The first-order valence-electron chi connectivity index (χ1n) is 46.5. The third-order valence-corrected chi connectivity index (χ3v) is 27.1. The molecule has 0 bridgehead atoms. The minimum Gasteiger partial charge on any atom is -0.420 e. The molecule has 0 radical (unpaired) electrons. The van der Waals surface area contributed by atoms with Crippen LogP contribution in [0.5, 0.6) is 0 Å². The van der Waals surface area contributed by atoms with Crippen molar-refractivity contribution in [1.29, 1.82) is 0 Å². The highest BCUT2D eigenvalue weighted by Crippen LogP contribution is 2.34. The highest BCUT2D eigenvalue weighted by molar-refractivity contribution is 7.17. The van der Waals surface area contributed by atoms with Gasteiger partial charge in [0, 0.05) is 212 Å². The van der Waals surface area contributed by atoms with Crippen LogP contribution in [-0.4, -0.2) is 248 Å². The second kappa shape index (κ2) is 47.7. The lowest BCUT2D eigenvalue weighted by molar-refractivity contribution is 0.0927. The number of methoxy groups -OCH3 is 1. The molecule has 4 saturated heterocycles. The second-order valence-electron chi connectivity index (χ2n) is 34.5. The Labute approximate surface area is 745 Å². The number of piperazine rings is 4. The van der Waals surface area contributed by atoms with Crippen LogP contribution in [0, 0.1) is 23.7 Å². The Kier molecular flexibility index (Phi) is 35.4. The molecule has 12 aromatic rings. The number of nitrogens with zero attached hydrogens (tertiary/aromatic N) is 15. The summed E-state index contributed by atoms with van der Waals surface area (Å²) in [7, 11) is 1.74. The van der Waals surface area contributed by atoms with E-state index in [0.717, 1.165) is 247 Å². The Morgan fingerprint density at radius 3 is 1.10 bits per heavy atom. The van der Waals surface area contributed by atoms with Crippen molar-refractivity contribution in [3.8, 4) is 0 Å². The summed E-state index contributed by atoms with van der Waals surface area (Å²) in [6.45, 7) is 36.0. The average Bonchev–Trinajstić information content (AvgIpc) is 1.71. The predicted octanol–water partition coefficient (Wildman–Crippen LogP) is 17.8. The zero-order valence-corrected chi connectivity index (χ0v) is 76.8. The number of aromatic amines is 5. The van der Waals surface area contributed by atoms with E-state index in [4.69, 9.17) is 9.15 Å². The van der Waals surface area contributed by atoms with Crippen molar-refractivity contribution in [1.82, 2.24) is 80.1 Å². The fourth-order valence-corrected chi connectivity index (χ4v) is 20.1. The third-order valence-electron chi connectivity index (χ3n) is 25.0. The maximum atomic E-state index is 13.0. The summed E-state index contributed by atoms with van der Waals surface area (Å²) in [6.07, 6.45) is 27.5. The van der Waals surface area contributed by atoms with Gasteiger partial charge in [0.2, 0.25) is 16.2 Å². The molecule has 0 saturated carbocycles. The molecule has 26 nitrogen and oxygen atoms in total. The Hall–Kier alpha value is -9.81. The normalized spacial score (nSPS) is 16.1. The van der Waals surface area contributed by atoms with Crippen LogP contribution in [0.15, 0.2) is 132 Å². The van der Waals surface area contributed by atoms with Crippen molar-refractivity contribution < 1.29 is 28.3 Å². The molecule has 8 aromatic heterocycles. The number of oxazole rings is 1. The van der Waals surface area contributed by atoms with Gasteiger partial charge in [-0.15, -0.1) is 25.5 Å². The number of hydrogen-bond donors (Lipinski definition) is 5. The van der Waals surface area contributed by atoms with Crippen molar-refractivity contribution in [2.24, 2.45) is 23.7 Å². The lowest BCUT2D eigenvalue weighted by atomic mass is 9.90. The number of anilines is 4. The van der Waals surface area contributed by atoms with Gasteiger partial charge in [-0.05, 0) is 160 Å². The summed E-state index contributed by atoms with van der Waals surface area (Å²) in [5.41, 5.74) is 9.76. The van der Waals surface area contributed by atoms with Gasteiger partial charge in [0.15, 0.2) is 44.7 Å². The number of rotatable bonds is 41. The van der Waals surface area contributed by atoms with Gasteiger partial charge in [-0.1, -0.05) is 170 Å². The molecule has 5 N–H and O–H groups in total. The van der Waals surface area contributed by atoms with Crippen molar-refractivity contribution in [2.45, 2.75) is 170 Å². The molecule has 0 spiro atoms. The van der Waals surface area contributed by atoms with E-state index in [-0.39, 0.29) is 23.1 Å². The Bertz CT molecular complexity index is 4870. The smallest absolute Gasteiger partial charge is 0.297 e. The zero-order chi connectivity index (χ0) is 87.2. The Balaban J connectivity index is 0.000000143. The zero-order valence-electron chi connectivity index (χ0n) is 75.2. The number of Topliss-reactive ketones (excluding diaryl/α,β-unsaturated/α-hetero) is 4. The first-order chi connectivity index (χ1) is 61.2. The molecule has 670 valence electrons. The van der Waals surface area contributed by atoms with Crippen molar-refractivity contribution >= 4 is 112 Å². The van der Waals surface area contributed by atoms with E-state index in [2.05, 4.69) is 246 Å². The van der Waals surface area contributed by atoms with E-state index in [1.54, 1.807) is 13.3 Å². The largest absolute Gasteiger partial charge is 0.420 e. The van der Waals surface area contributed by atoms with E-state index < -0.39 is 0 Å². The van der Waals surface area contributed by atoms with Gasteiger partial charge in [0.1, 0.15) is 0 Å². The predicted molar refractivity (Wildman–Crippen MR) is 507 cm³/mol. The number of ketones is 4. The third kappa shape index (κ3) is 26.0. The van der Waals surface area contributed by atoms with E-state index >= 15 is 0 Å². The number of carbonyl (C=O) groups is 4. The summed E-state index contributed by atoms with van der Waals surface area (Å²) >= 11 is 2.90. The molecule has 4 aliphatic heterocycles. The first-order valence-corrected chi connectivity index (χ1v) is 48.1. The highest BCUT2D eigenvalue weighted by Gasteiger charge is 2.30. The fourth-order valence-electron chi connectivity index (χ4n) is 18.4. The highest BCUT2D eigenvalue weighted by atomic mass is 32.1. The van der Waals surface area contributed by atoms with Gasteiger partial charge in [0.25, 0.3) is 6.01 Å². The number of nitrogens with one attached hydrogen (secondary N) is 5. The number of carbonyl (C=O) groups excluding carboxylic acids is 4. The Morgan fingerprint density at radius 1 is 0.400 bits per heavy atom. The monoisotopic (exact) mass is 1740 g/mol. The number of ether oxygens (including phenoxy) is 1. The van der Waals surface area contributed by atoms with Crippen molar-refractivity contribution in [3.05, 3.63) is 172 Å². The molecule has 12 heterocycles. The molecular weight excluding hydrogens is 1610 g/mol. The first kappa shape index (κ1) is 92.8. The molecule has 4 fully saturated rings. The van der Waals surface area contributed by atoms with Crippen LogP contribution in [0.2, 0.25) is 0 Å². The molecule has 125 heavy (non-hydrogen) atoms. The molecule has 4 aliphatic rings. The molecular formula is C97H134N20O6S2. The van der Waals surface area contributed by atoms with Gasteiger partial charge in [-0.2, -0.15) is 4.98 Å². The number of aromatic nitrogens is 12. The van der Waals surface area contributed by atoms with E-state index in [1.165, 1.54) is 85.7 Å². The van der Waals surface area contributed by atoms with Crippen LogP contribution >= 0.6 is 22.7 Å².